The second kappa shape index (κ2) is 12.4. The summed E-state index contributed by atoms with van der Waals surface area (Å²) in [5.74, 6) is 1.06. The molecule has 3 aromatic carbocycles. The number of anilines is 1. The molecule has 1 N–H and O–H groups in total. The van der Waals surface area contributed by atoms with E-state index in [1.807, 2.05) is 49.4 Å². The summed E-state index contributed by atoms with van der Waals surface area (Å²) < 4.78 is 13.4. The molecule has 0 aliphatic carbocycles. The number of nitrogens with zero attached hydrogens (tertiary/aromatic N) is 3. The number of halogens is 1. The molecule has 0 saturated carbocycles. The zero-order valence-electron chi connectivity index (χ0n) is 24.0. The molecule has 0 radical (unpaired) electrons. The smallest absolute Gasteiger partial charge is 0.271 e. The second-order valence-corrected chi connectivity index (χ2v) is 11.4. The number of nitrogens with one attached hydrogen (secondary N) is 1. The lowest BCUT2D eigenvalue weighted by atomic mass is 9.95. The molecule has 0 bridgehead atoms. The standard InChI is InChI=1S/C33H25ClN4O6S/c1-3-43-23-12-9-20(10-13-23)30-29(31(39)36-21-7-5-4-6-8-21)19(2)35-33-37(30)32(40)28(45-33)18-24-14-16-27(44-24)25-15-11-22(38(41)42)17-26(25)34/h4-18,30H,3H2,1-2H3,(H,36,39)/b28-18-/t30-/m0/s1. The molecule has 0 unspecified atom stereocenters. The number of allylic oxidation sites excluding steroid dienone is 1. The van der Waals surface area contributed by atoms with Gasteiger partial charge in [-0.15, -0.1) is 0 Å². The SMILES string of the molecule is CCOc1ccc([C@H]2C(C(=O)Nc3ccccc3)=C(C)N=c3s/c(=C\c4ccc(-c5ccc([N+](=O)[O-])cc5Cl)o4)c(=O)n32)cc1. The normalized spacial score (nSPS) is 14.6. The van der Waals surface area contributed by atoms with Crippen LogP contribution in [0.2, 0.25) is 5.02 Å². The third-order valence-electron chi connectivity index (χ3n) is 7.13. The number of fused-ring (bicyclic) bond motifs is 1. The highest BCUT2D eigenvalue weighted by molar-refractivity contribution is 7.07. The highest BCUT2D eigenvalue weighted by atomic mass is 35.5. The summed E-state index contributed by atoms with van der Waals surface area (Å²) >= 11 is 7.47. The molecule has 226 valence electrons. The van der Waals surface area contributed by atoms with Gasteiger partial charge in [-0.2, -0.15) is 0 Å². The lowest BCUT2D eigenvalue weighted by Crippen LogP contribution is -2.40. The van der Waals surface area contributed by atoms with Gasteiger partial charge in [0.15, 0.2) is 4.80 Å². The van der Waals surface area contributed by atoms with Gasteiger partial charge in [-0.1, -0.05) is 53.3 Å². The molecule has 0 fully saturated rings. The van der Waals surface area contributed by atoms with Crippen molar-refractivity contribution in [3.8, 4) is 17.1 Å². The lowest BCUT2D eigenvalue weighted by molar-refractivity contribution is -0.384. The van der Waals surface area contributed by atoms with E-state index in [0.29, 0.717) is 61.3 Å². The van der Waals surface area contributed by atoms with Crippen molar-refractivity contribution >= 4 is 46.3 Å². The number of furan rings is 1. The van der Waals surface area contributed by atoms with E-state index in [4.69, 9.17) is 20.8 Å². The van der Waals surface area contributed by atoms with Crippen LogP contribution in [0.5, 0.6) is 5.75 Å². The monoisotopic (exact) mass is 640 g/mol. The minimum absolute atomic E-state index is 0.133. The van der Waals surface area contributed by atoms with E-state index in [1.54, 1.807) is 37.3 Å². The van der Waals surface area contributed by atoms with Gasteiger partial charge in [0.1, 0.15) is 17.3 Å². The summed E-state index contributed by atoms with van der Waals surface area (Å²) in [6.45, 7) is 4.15. The number of amides is 1. The Morgan fingerprint density at radius 2 is 1.89 bits per heavy atom. The summed E-state index contributed by atoms with van der Waals surface area (Å²) in [6, 6.07) is 23.1. The molecule has 0 saturated heterocycles. The zero-order chi connectivity index (χ0) is 31.7. The van der Waals surface area contributed by atoms with Crippen molar-refractivity contribution in [2.24, 2.45) is 4.99 Å². The number of non-ortho nitro benzene ring substituents is 1. The van der Waals surface area contributed by atoms with E-state index in [0.717, 1.165) is 0 Å². The van der Waals surface area contributed by atoms with Crippen molar-refractivity contribution in [3.63, 3.8) is 0 Å². The van der Waals surface area contributed by atoms with Crippen molar-refractivity contribution in [3.05, 3.63) is 142 Å². The molecular weight excluding hydrogens is 616 g/mol. The van der Waals surface area contributed by atoms with E-state index >= 15 is 0 Å². The second-order valence-electron chi connectivity index (χ2n) is 10.0. The first-order valence-electron chi connectivity index (χ1n) is 13.9. The Hall–Kier alpha value is -5.26. The number of hydrogen-bond acceptors (Lipinski definition) is 8. The molecule has 5 aromatic rings. The Morgan fingerprint density at radius 1 is 1.13 bits per heavy atom. The van der Waals surface area contributed by atoms with Crippen LogP contribution in [-0.4, -0.2) is 22.0 Å². The Balaban J connectivity index is 1.42. The summed E-state index contributed by atoms with van der Waals surface area (Å²) in [4.78, 5) is 43.4. The molecule has 3 heterocycles. The first-order chi connectivity index (χ1) is 21.7. The van der Waals surface area contributed by atoms with Gasteiger partial charge in [-0.05, 0) is 61.9 Å². The average molecular weight is 641 g/mol. The Kier molecular flexibility index (Phi) is 8.20. The van der Waals surface area contributed by atoms with Gasteiger partial charge in [-0.3, -0.25) is 24.3 Å². The van der Waals surface area contributed by atoms with E-state index in [2.05, 4.69) is 10.3 Å². The van der Waals surface area contributed by atoms with Gasteiger partial charge in [0.2, 0.25) is 0 Å². The van der Waals surface area contributed by atoms with Crippen LogP contribution in [0.15, 0.2) is 110 Å². The van der Waals surface area contributed by atoms with Gasteiger partial charge in [0, 0.05) is 29.5 Å². The van der Waals surface area contributed by atoms with Crippen LogP contribution in [0.3, 0.4) is 0 Å². The summed E-state index contributed by atoms with van der Waals surface area (Å²) in [6.07, 6.45) is 1.60. The molecule has 1 aliphatic rings. The summed E-state index contributed by atoms with van der Waals surface area (Å²) in [5, 5.41) is 14.2. The maximum atomic E-state index is 14.0. The number of rotatable bonds is 8. The Bertz CT molecular complexity index is 2150. The van der Waals surface area contributed by atoms with E-state index in [9.17, 15) is 19.7 Å². The quantitative estimate of drug-likeness (QED) is 0.161. The molecule has 6 rings (SSSR count). The van der Waals surface area contributed by atoms with Crippen molar-refractivity contribution in [2.75, 3.05) is 11.9 Å². The molecule has 2 aromatic heterocycles. The number of nitro groups is 1. The molecule has 1 atom stereocenters. The predicted octanol–water partition coefficient (Wildman–Crippen LogP) is 6.09. The number of ether oxygens (including phenoxy) is 1. The number of thiazole rings is 1. The van der Waals surface area contributed by atoms with Crippen LogP contribution in [0.4, 0.5) is 11.4 Å². The van der Waals surface area contributed by atoms with Gasteiger partial charge in [0.25, 0.3) is 17.2 Å². The number of nitro benzene ring substituents is 1. The van der Waals surface area contributed by atoms with E-state index in [1.165, 1.54) is 34.1 Å². The highest BCUT2D eigenvalue weighted by Crippen LogP contribution is 2.33. The number of benzene rings is 3. The lowest BCUT2D eigenvalue weighted by Gasteiger charge is -2.25. The molecule has 12 heteroatoms. The first kappa shape index (κ1) is 29.8. The van der Waals surface area contributed by atoms with Gasteiger partial charge < -0.3 is 14.5 Å². The molecule has 1 amide bonds. The van der Waals surface area contributed by atoms with Gasteiger partial charge in [-0.25, -0.2) is 4.99 Å². The van der Waals surface area contributed by atoms with Crippen LogP contribution < -0.4 is 24.9 Å². The molecular formula is C33H25ClN4O6S. The number of aromatic nitrogens is 1. The molecule has 45 heavy (non-hydrogen) atoms. The summed E-state index contributed by atoms with van der Waals surface area (Å²) in [5.41, 5.74) is 2.16. The topological polar surface area (TPSA) is 129 Å². The van der Waals surface area contributed by atoms with E-state index in [-0.39, 0.29) is 22.2 Å². The summed E-state index contributed by atoms with van der Waals surface area (Å²) in [7, 11) is 0. The van der Waals surface area contributed by atoms with Crippen molar-refractivity contribution in [2.45, 2.75) is 19.9 Å². The van der Waals surface area contributed by atoms with Crippen LogP contribution >= 0.6 is 22.9 Å². The van der Waals surface area contributed by atoms with Crippen molar-refractivity contribution < 1.29 is 18.9 Å². The third-order valence-corrected chi connectivity index (χ3v) is 8.43. The fourth-order valence-corrected chi connectivity index (χ4v) is 6.38. The Labute approximate surface area is 265 Å². The number of hydrogen-bond donors (Lipinski definition) is 1. The van der Waals surface area contributed by atoms with Crippen LogP contribution in [0.1, 0.15) is 31.2 Å². The fourth-order valence-electron chi connectivity index (χ4n) is 5.08. The van der Waals surface area contributed by atoms with Crippen LogP contribution in [0, 0.1) is 10.1 Å². The van der Waals surface area contributed by atoms with Crippen molar-refractivity contribution in [1.82, 2.24) is 4.57 Å². The molecule has 10 nitrogen and oxygen atoms in total. The van der Waals surface area contributed by atoms with Crippen LogP contribution in [0.25, 0.3) is 17.4 Å². The number of carbonyl (C=O) groups excluding carboxylic acids is 1. The largest absolute Gasteiger partial charge is 0.494 e. The van der Waals surface area contributed by atoms with Gasteiger partial charge in [0.05, 0.1) is 38.4 Å². The number of carbonyl (C=O) groups is 1. The minimum atomic E-state index is -0.756. The third kappa shape index (κ3) is 5.95. The fraction of sp³-hybridized carbons (Fsp3) is 0.121. The minimum Gasteiger partial charge on any atom is -0.494 e. The van der Waals surface area contributed by atoms with Crippen LogP contribution in [-0.2, 0) is 4.79 Å². The Morgan fingerprint density at radius 3 is 2.58 bits per heavy atom. The maximum absolute atomic E-state index is 14.0. The molecule has 0 spiro atoms. The maximum Gasteiger partial charge on any atom is 0.271 e. The average Bonchev–Trinajstić information content (AvgIpc) is 3.61. The predicted molar refractivity (Wildman–Crippen MR) is 172 cm³/mol. The molecule has 1 aliphatic heterocycles. The number of para-hydroxylation sites is 1. The highest BCUT2D eigenvalue weighted by Gasteiger charge is 2.32. The van der Waals surface area contributed by atoms with Gasteiger partial charge >= 0.3 is 0 Å². The zero-order valence-corrected chi connectivity index (χ0v) is 25.6. The van der Waals surface area contributed by atoms with E-state index < -0.39 is 11.0 Å². The van der Waals surface area contributed by atoms with Crippen molar-refractivity contribution in [1.29, 1.82) is 0 Å². The first-order valence-corrected chi connectivity index (χ1v) is 15.1.